The van der Waals surface area contributed by atoms with Gasteiger partial charge in [0.25, 0.3) is 0 Å². The van der Waals surface area contributed by atoms with Crippen LogP contribution in [0.25, 0.3) is 0 Å². The maximum absolute atomic E-state index is 13.1. The van der Waals surface area contributed by atoms with Crippen LogP contribution in [0.1, 0.15) is 24.0 Å². The molecule has 39 heavy (non-hydrogen) atoms. The number of morpholine rings is 1. The topological polar surface area (TPSA) is 87.2 Å². The first-order valence-corrected chi connectivity index (χ1v) is 13.9. The van der Waals surface area contributed by atoms with Crippen molar-refractivity contribution in [2.24, 2.45) is 11.8 Å². The SMILES string of the molecule is CN(Cc1cccnc1)C(=O)C[C@@H]1CCN2C[C@@H]1/C=C/COc1ccc(N3CCOCC3)cc1CNCC2=O. The Morgan fingerprint density at radius 2 is 2.03 bits per heavy atom. The van der Waals surface area contributed by atoms with E-state index in [1.807, 2.05) is 36.2 Å². The molecule has 2 amide bonds. The Morgan fingerprint density at radius 1 is 1.15 bits per heavy atom. The lowest BCUT2D eigenvalue weighted by Crippen LogP contribution is -2.47. The van der Waals surface area contributed by atoms with Crippen LogP contribution in [0.3, 0.4) is 0 Å². The lowest BCUT2D eigenvalue weighted by atomic mass is 9.82. The highest BCUT2D eigenvalue weighted by molar-refractivity contribution is 5.79. The van der Waals surface area contributed by atoms with Gasteiger partial charge in [0.15, 0.2) is 0 Å². The normalized spacial score (nSPS) is 22.9. The van der Waals surface area contributed by atoms with Crippen molar-refractivity contribution in [1.29, 1.82) is 0 Å². The molecule has 0 radical (unpaired) electrons. The number of nitrogens with zero attached hydrogens (tertiary/aromatic N) is 4. The van der Waals surface area contributed by atoms with E-state index in [-0.39, 0.29) is 30.2 Å². The molecule has 2 fully saturated rings. The second-order valence-electron chi connectivity index (χ2n) is 10.6. The molecule has 1 aromatic carbocycles. The van der Waals surface area contributed by atoms with E-state index in [1.54, 1.807) is 17.3 Å². The molecule has 0 unspecified atom stereocenters. The van der Waals surface area contributed by atoms with Crippen LogP contribution in [0.5, 0.6) is 5.75 Å². The summed E-state index contributed by atoms with van der Waals surface area (Å²) in [6, 6.07) is 10.1. The van der Waals surface area contributed by atoms with Crippen molar-refractivity contribution in [3.05, 3.63) is 66.0 Å². The maximum atomic E-state index is 13.1. The van der Waals surface area contributed by atoms with Crippen molar-refractivity contribution in [2.45, 2.75) is 25.9 Å². The molecule has 2 aromatic rings. The number of anilines is 1. The number of hydrogen-bond acceptors (Lipinski definition) is 7. The fraction of sp³-hybridized carbons (Fsp3) is 0.500. The van der Waals surface area contributed by atoms with E-state index in [9.17, 15) is 9.59 Å². The number of aromatic nitrogens is 1. The van der Waals surface area contributed by atoms with Crippen molar-refractivity contribution in [3.63, 3.8) is 0 Å². The summed E-state index contributed by atoms with van der Waals surface area (Å²) in [4.78, 5) is 36.4. The molecule has 5 rings (SSSR count). The summed E-state index contributed by atoms with van der Waals surface area (Å²) in [5.41, 5.74) is 3.20. The smallest absolute Gasteiger partial charge is 0.236 e. The molecule has 2 atom stereocenters. The van der Waals surface area contributed by atoms with E-state index in [4.69, 9.17) is 9.47 Å². The minimum Gasteiger partial charge on any atom is -0.489 e. The highest BCUT2D eigenvalue weighted by Crippen LogP contribution is 2.30. The van der Waals surface area contributed by atoms with Crippen LogP contribution >= 0.6 is 0 Å². The van der Waals surface area contributed by atoms with Crippen LogP contribution in [-0.2, 0) is 27.4 Å². The minimum atomic E-state index is 0.0953. The Bertz CT molecular complexity index is 1150. The quantitative estimate of drug-likeness (QED) is 0.591. The molecule has 1 N–H and O–H groups in total. The van der Waals surface area contributed by atoms with Gasteiger partial charge in [-0.3, -0.25) is 14.6 Å². The van der Waals surface area contributed by atoms with Crippen molar-refractivity contribution >= 4 is 17.5 Å². The lowest BCUT2D eigenvalue weighted by molar-refractivity contribution is -0.134. The number of nitrogens with one attached hydrogen (secondary N) is 1. The molecule has 3 aliphatic rings. The van der Waals surface area contributed by atoms with Gasteiger partial charge in [-0.2, -0.15) is 0 Å². The number of ether oxygens (including phenoxy) is 2. The first kappa shape index (κ1) is 27.1. The number of fused-ring (bicyclic) bond motifs is 3. The number of carbonyl (C=O) groups excluding carboxylic acids is 2. The molecule has 0 spiro atoms. The van der Waals surface area contributed by atoms with Crippen LogP contribution in [-0.4, -0.2) is 86.2 Å². The largest absolute Gasteiger partial charge is 0.489 e. The molecule has 2 saturated heterocycles. The van der Waals surface area contributed by atoms with Crippen molar-refractivity contribution in [3.8, 4) is 5.75 Å². The second-order valence-corrected chi connectivity index (χ2v) is 10.6. The van der Waals surface area contributed by atoms with E-state index in [1.165, 1.54) is 0 Å². The first-order valence-electron chi connectivity index (χ1n) is 13.9. The highest BCUT2D eigenvalue weighted by Gasteiger charge is 2.32. The molecule has 0 aliphatic carbocycles. The van der Waals surface area contributed by atoms with Gasteiger partial charge in [0, 0.05) is 76.4 Å². The molecule has 9 heteroatoms. The fourth-order valence-corrected chi connectivity index (χ4v) is 5.61. The zero-order valence-corrected chi connectivity index (χ0v) is 22.8. The molecule has 9 nitrogen and oxygen atoms in total. The number of pyridine rings is 1. The van der Waals surface area contributed by atoms with Crippen molar-refractivity contribution < 1.29 is 19.1 Å². The standard InChI is InChI=1S/C30H39N5O4/c1-33(21-23-4-2-9-31-18-23)29(36)17-24-8-10-35-22-25(24)5-3-13-39-28-7-6-27(34-11-14-38-15-12-34)16-26(28)19-32-20-30(35)37/h2-7,9,16,18,24-25,32H,8,10-15,17,19-22H2,1H3/b5-3+/t24-,25-/m0/s1. The number of hydrogen-bond donors (Lipinski definition) is 1. The molecular weight excluding hydrogens is 494 g/mol. The molecule has 4 heterocycles. The van der Waals surface area contributed by atoms with Crippen molar-refractivity contribution in [2.75, 3.05) is 64.5 Å². The molecule has 0 saturated carbocycles. The van der Waals surface area contributed by atoms with Gasteiger partial charge in [-0.25, -0.2) is 0 Å². The Hall–Kier alpha value is -3.43. The monoisotopic (exact) mass is 533 g/mol. The molecule has 1 aromatic heterocycles. The third kappa shape index (κ3) is 7.16. The van der Waals surface area contributed by atoms with Crippen LogP contribution in [0, 0.1) is 11.8 Å². The summed E-state index contributed by atoms with van der Waals surface area (Å²) in [6.45, 7) is 6.30. The summed E-state index contributed by atoms with van der Waals surface area (Å²) in [6.07, 6.45) is 8.98. The number of benzene rings is 1. The van der Waals surface area contributed by atoms with Gasteiger partial charge in [-0.1, -0.05) is 18.2 Å². The third-order valence-corrected chi connectivity index (χ3v) is 7.89. The predicted molar refractivity (Wildman–Crippen MR) is 149 cm³/mol. The summed E-state index contributed by atoms with van der Waals surface area (Å²) in [5, 5.41) is 3.34. The lowest BCUT2D eigenvalue weighted by Gasteiger charge is -2.37. The summed E-state index contributed by atoms with van der Waals surface area (Å²) >= 11 is 0. The maximum Gasteiger partial charge on any atom is 0.236 e. The van der Waals surface area contributed by atoms with Gasteiger partial charge in [0.1, 0.15) is 12.4 Å². The number of carbonyl (C=O) groups is 2. The Morgan fingerprint density at radius 3 is 2.85 bits per heavy atom. The zero-order chi connectivity index (χ0) is 27.0. The average molecular weight is 534 g/mol. The number of amides is 2. The van der Waals surface area contributed by atoms with Crippen LogP contribution in [0.2, 0.25) is 0 Å². The Kier molecular flexibility index (Phi) is 9.11. The van der Waals surface area contributed by atoms with Gasteiger partial charge >= 0.3 is 0 Å². The molecule has 3 aliphatic heterocycles. The first-order chi connectivity index (χ1) is 19.1. The minimum absolute atomic E-state index is 0.0953. The van der Waals surface area contributed by atoms with Gasteiger partial charge in [-0.05, 0) is 48.1 Å². The van der Waals surface area contributed by atoms with E-state index in [0.29, 0.717) is 39.2 Å². The second kappa shape index (κ2) is 13.1. The van der Waals surface area contributed by atoms with Crippen LogP contribution in [0.4, 0.5) is 5.69 Å². The summed E-state index contributed by atoms with van der Waals surface area (Å²) in [5.74, 6) is 1.31. The number of rotatable bonds is 5. The van der Waals surface area contributed by atoms with Gasteiger partial charge in [0.2, 0.25) is 11.8 Å². The zero-order valence-electron chi connectivity index (χ0n) is 22.8. The predicted octanol–water partition coefficient (Wildman–Crippen LogP) is 2.47. The van der Waals surface area contributed by atoms with E-state index in [2.05, 4.69) is 33.4 Å². The van der Waals surface area contributed by atoms with Crippen LogP contribution < -0.4 is 15.0 Å². The highest BCUT2D eigenvalue weighted by atomic mass is 16.5. The average Bonchev–Trinajstić information content (AvgIpc) is 2.97. The van der Waals surface area contributed by atoms with Gasteiger partial charge in [0.05, 0.1) is 19.8 Å². The fourth-order valence-electron chi connectivity index (χ4n) is 5.61. The molecular formula is C30H39N5O4. The number of piperidine rings is 1. The van der Waals surface area contributed by atoms with Crippen molar-refractivity contribution in [1.82, 2.24) is 20.1 Å². The van der Waals surface area contributed by atoms with Gasteiger partial charge in [-0.15, -0.1) is 0 Å². The Labute approximate surface area is 230 Å². The van der Waals surface area contributed by atoms with Gasteiger partial charge < -0.3 is 29.5 Å². The molecule has 208 valence electrons. The van der Waals surface area contributed by atoms with E-state index < -0.39 is 0 Å². The Balaban J connectivity index is 1.26. The molecule has 2 bridgehead atoms. The van der Waals surface area contributed by atoms with Crippen LogP contribution in [0.15, 0.2) is 54.9 Å². The van der Waals surface area contributed by atoms with E-state index >= 15 is 0 Å². The van der Waals surface area contributed by atoms with E-state index in [0.717, 1.165) is 55.3 Å². The summed E-state index contributed by atoms with van der Waals surface area (Å²) < 4.78 is 11.7. The third-order valence-electron chi connectivity index (χ3n) is 7.89. The summed E-state index contributed by atoms with van der Waals surface area (Å²) in [7, 11) is 1.84.